The maximum Gasteiger partial charge on any atom is 0.199 e. The van der Waals surface area contributed by atoms with Gasteiger partial charge in [0, 0.05) is 5.92 Å². The van der Waals surface area contributed by atoms with Crippen LogP contribution >= 0.6 is 0 Å². The predicted molar refractivity (Wildman–Crippen MR) is 139 cm³/mol. The van der Waals surface area contributed by atoms with Crippen LogP contribution < -0.4 is 0 Å². The molecular weight excluding hydrogens is 502 g/mol. The van der Waals surface area contributed by atoms with Crippen LogP contribution in [0.5, 0.6) is 0 Å². The highest BCUT2D eigenvalue weighted by atomic mass is 19.1. The van der Waals surface area contributed by atoms with Crippen molar-refractivity contribution in [2.24, 2.45) is 27.5 Å². The number of nitrogens with zero attached hydrogens (tertiary/aromatic N) is 6. The minimum absolute atomic E-state index is 0.0890. The lowest BCUT2D eigenvalue weighted by Gasteiger charge is -2.45. The van der Waals surface area contributed by atoms with E-state index in [4.69, 9.17) is 10.1 Å². The number of fused-ring (bicyclic) bond motifs is 6. The maximum atomic E-state index is 14.7. The SMILES string of the molecule is CC1(C)[C@H]2CC[C@]1(c1cccc(-c3ncn(C[C@H](O)CO)n3)n1)C1C#CC2/C=C(c2c(F)cccc2F)\N=N/1. The maximum absolute atomic E-state index is 14.7. The van der Waals surface area contributed by atoms with Crippen molar-refractivity contribution < 1.29 is 19.0 Å². The molecule has 10 heteroatoms. The highest BCUT2D eigenvalue weighted by Crippen LogP contribution is 2.63. The predicted octanol–water partition coefficient (Wildman–Crippen LogP) is 4.15. The molecule has 2 aliphatic carbocycles. The van der Waals surface area contributed by atoms with E-state index in [1.54, 1.807) is 6.08 Å². The first-order valence-corrected chi connectivity index (χ1v) is 13.0. The van der Waals surface area contributed by atoms with Crippen molar-refractivity contribution in [2.75, 3.05) is 6.61 Å². The molecule has 3 heterocycles. The van der Waals surface area contributed by atoms with E-state index in [9.17, 15) is 13.9 Å². The minimum Gasteiger partial charge on any atom is -0.394 e. The van der Waals surface area contributed by atoms with E-state index >= 15 is 0 Å². The average molecular weight is 531 g/mol. The molecule has 2 N–H and O–H groups in total. The highest BCUT2D eigenvalue weighted by Gasteiger charge is 2.62. The fraction of sp³-hybridized carbons (Fsp3) is 0.414. The van der Waals surface area contributed by atoms with E-state index in [-0.39, 0.29) is 41.7 Å². The van der Waals surface area contributed by atoms with Crippen LogP contribution in [0.15, 0.2) is 59.0 Å². The van der Waals surface area contributed by atoms with Crippen molar-refractivity contribution in [1.82, 2.24) is 19.7 Å². The molecular formula is C29H28F2N6O2. The Labute approximate surface area is 224 Å². The summed E-state index contributed by atoms with van der Waals surface area (Å²) in [6.07, 6.45) is 3.94. The number of rotatable bonds is 6. The van der Waals surface area contributed by atoms with Crippen LogP contribution in [-0.2, 0) is 12.0 Å². The molecule has 0 spiro atoms. The summed E-state index contributed by atoms with van der Waals surface area (Å²) >= 11 is 0. The van der Waals surface area contributed by atoms with Crippen molar-refractivity contribution in [3.8, 4) is 23.4 Å². The van der Waals surface area contributed by atoms with Crippen LogP contribution in [0.4, 0.5) is 8.78 Å². The van der Waals surface area contributed by atoms with Gasteiger partial charge in [0.05, 0.1) is 41.6 Å². The first kappa shape index (κ1) is 25.5. The summed E-state index contributed by atoms with van der Waals surface area (Å²) in [5.74, 6) is 5.55. The number of halogens is 2. The molecule has 200 valence electrons. The smallest absolute Gasteiger partial charge is 0.199 e. The molecule has 2 aromatic heterocycles. The fourth-order valence-corrected chi connectivity index (χ4v) is 6.58. The quantitative estimate of drug-likeness (QED) is 0.466. The first-order chi connectivity index (χ1) is 18.7. The zero-order valence-electron chi connectivity index (χ0n) is 21.6. The van der Waals surface area contributed by atoms with Gasteiger partial charge in [0.1, 0.15) is 29.7 Å². The third-order valence-corrected chi connectivity index (χ3v) is 8.63. The second-order valence-corrected chi connectivity index (χ2v) is 11.0. The van der Waals surface area contributed by atoms with E-state index in [1.165, 1.54) is 29.2 Å². The third-order valence-electron chi connectivity index (χ3n) is 8.63. The number of azo groups is 1. The lowest BCUT2D eigenvalue weighted by atomic mass is 9.58. The summed E-state index contributed by atoms with van der Waals surface area (Å²) in [6, 6.07) is 8.89. The summed E-state index contributed by atoms with van der Waals surface area (Å²) in [5, 5.41) is 32.4. The normalized spacial score (nSPS) is 29.4. The van der Waals surface area contributed by atoms with Crippen LogP contribution in [0.2, 0.25) is 0 Å². The Hall–Kier alpha value is -3.81. The number of benzene rings is 1. The molecule has 2 unspecified atom stereocenters. The van der Waals surface area contributed by atoms with Crippen LogP contribution in [0.1, 0.15) is 37.9 Å². The lowest BCUT2D eigenvalue weighted by molar-refractivity contribution is 0.0782. The molecule has 6 rings (SSSR count). The zero-order chi connectivity index (χ0) is 27.4. The van der Waals surface area contributed by atoms with Crippen LogP contribution in [0.25, 0.3) is 17.2 Å². The lowest BCUT2D eigenvalue weighted by Crippen LogP contribution is -2.48. The molecule has 0 radical (unpaired) electrons. The Balaban J connectivity index is 1.44. The number of hydrogen-bond donors (Lipinski definition) is 2. The second-order valence-electron chi connectivity index (χ2n) is 11.0. The molecule has 39 heavy (non-hydrogen) atoms. The Kier molecular flexibility index (Phi) is 6.16. The van der Waals surface area contributed by atoms with Crippen molar-refractivity contribution in [2.45, 2.75) is 50.8 Å². The van der Waals surface area contributed by atoms with Crippen LogP contribution in [0, 0.1) is 40.7 Å². The second kappa shape index (κ2) is 9.43. The monoisotopic (exact) mass is 530 g/mol. The molecule has 0 saturated heterocycles. The third kappa shape index (κ3) is 3.99. The van der Waals surface area contributed by atoms with E-state index in [2.05, 4.69) is 46.0 Å². The van der Waals surface area contributed by atoms with Crippen LogP contribution in [-0.4, -0.2) is 48.7 Å². The molecule has 1 fully saturated rings. The number of allylic oxidation sites excluding steroid dienone is 1. The van der Waals surface area contributed by atoms with E-state index in [0.29, 0.717) is 11.5 Å². The standard InChI is InChI=1S/C29H28F2N6O2/c1-28(2)19-11-12-29(28,24-8-4-7-22(33-24)27-32-16-37(36-27)14-18(39)15-38)25-10-9-17(19)13-23(34-35-25)26-20(30)5-3-6-21(26)31/h3-8,13,16-19,25,38-39H,11-12,14-15H2,1-2H3/b23-13-,35-34-/t17?,18-,19-,25?,29-/m0/s1. The zero-order valence-corrected chi connectivity index (χ0v) is 21.6. The van der Waals surface area contributed by atoms with Gasteiger partial charge in [0.25, 0.3) is 0 Å². The van der Waals surface area contributed by atoms with Gasteiger partial charge in [-0.15, -0.1) is 5.10 Å². The van der Waals surface area contributed by atoms with Gasteiger partial charge < -0.3 is 10.2 Å². The fourth-order valence-electron chi connectivity index (χ4n) is 6.58. The number of hydrogen-bond acceptors (Lipinski definition) is 7. The van der Waals surface area contributed by atoms with Gasteiger partial charge in [0.15, 0.2) is 5.82 Å². The minimum atomic E-state index is -0.941. The van der Waals surface area contributed by atoms with Gasteiger partial charge in [-0.1, -0.05) is 37.8 Å². The summed E-state index contributed by atoms with van der Waals surface area (Å²) < 4.78 is 30.9. The van der Waals surface area contributed by atoms with Gasteiger partial charge in [0.2, 0.25) is 0 Å². The Morgan fingerprint density at radius 3 is 2.67 bits per heavy atom. The topological polar surface area (TPSA) is 109 Å². The molecule has 1 saturated carbocycles. The highest BCUT2D eigenvalue weighted by molar-refractivity contribution is 5.66. The summed E-state index contributed by atoms with van der Waals surface area (Å²) in [6.45, 7) is 4.11. The van der Waals surface area contributed by atoms with E-state index < -0.39 is 29.2 Å². The molecule has 3 aromatic rings. The van der Waals surface area contributed by atoms with Gasteiger partial charge in [-0.3, -0.25) is 0 Å². The molecule has 4 bridgehead atoms. The molecule has 8 nitrogen and oxygen atoms in total. The molecule has 3 aliphatic rings. The number of aromatic nitrogens is 4. The van der Waals surface area contributed by atoms with Gasteiger partial charge >= 0.3 is 0 Å². The Bertz CT molecular complexity index is 1530. The summed E-state index contributed by atoms with van der Waals surface area (Å²) in [5.41, 5.74) is 0.372. The molecule has 1 aliphatic heterocycles. The average Bonchev–Trinajstić information content (AvgIpc) is 3.45. The number of pyridine rings is 1. The first-order valence-electron chi connectivity index (χ1n) is 13.0. The summed E-state index contributed by atoms with van der Waals surface area (Å²) in [7, 11) is 0. The Morgan fingerprint density at radius 2 is 1.90 bits per heavy atom. The number of aliphatic hydroxyl groups excluding tert-OH is 2. The van der Waals surface area contributed by atoms with Crippen LogP contribution in [0.3, 0.4) is 0 Å². The summed E-state index contributed by atoms with van der Waals surface area (Å²) in [4.78, 5) is 9.37. The molecule has 1 aromatic carbocycles. The Morgan fingerprint density at radius 1 is 1.13 bits per heavy atom. The van der Waals surface area contributed by atoms with Gasteiger partial charge in [-0.2, -0.15) is 10.2 Å². The largest absolute Gasteiger partial charge is 0.394 e. The van der Waals surface area contributed by atoms with Crippen molar-refractivity contribution >= 4 is 5.70 Å². The molecule has 5 atom stereocenters. The number of aliphatic hydroxyl groups is 2. The van der Waals surface area contributed by atoms with Crippen molar-refractivity contribution in [3.05, 3.63) is 71.7 Å². The van der Waals surface area contributed by atoms with E-state index in [1.807, 2.05) is 18.2 Å². The van der Waals surface area contributed by atoms with Gasteiger partial charge in [-0.05, 0) is 54.5 Å². The van der Waals surface area contributed by atoms with E-state index in [0.717, 1.165) is 18.5 Å². The van der Waals surface area contributed by atoms with Crippen molar-refractivity contribution in [1.29, 1.82) is 0 Å². The molecule has 0 amide bonds. The van der Waals surface area contributed by atoms with Gasteiger partial charge in [-0.25, -0.2) is 23.4 Å². The van der Waals surface area contributed by atoms with Crippen molar-refractivity contribution in [3.63, 3.8) is 0 Å².